The van der Waals surface area contributed by atoms with E-state index in [1.54, 1.807) is 0 Å². The van der Waals surface area contributed by atoms with Crippen molar-refractivity contribution in [2.45, 2.75) is 129 Å². The van der Waals surface area contributed by atoms with Gasteiger partial charge < -0.3 is 40.1 Å². The van der Waals surface area contributed by atoms with Gasteiger partial charge in [-0.1, -0.05) is 53.4 Å². The molecule has 254 valence electrons. The highest BCUT2D eigenvalue weighted by Gasteiger charge is 2.54. The van der Waals surface area contributed by atoms with E-state index in [4.69, 9.17) is 9.47 Å². The fourth-order valence-electron chi connectivity index (χ4n) is 5.39. The predicted molar refractivity (Wildman–Crippen MR) is 152 cm³/mol. The molecule has 0 aromatic rings. The lowest BCUT2D eigenvalue weighted by molar-refractivity contribution is -0.136. The molecule has 3 heterocycles. The third-order valence-corrected chi connectivity index (χ3v) is 7.99. The molecule has 0 spiro atoms. The van der Waals surface area contributed by atoms with Gasteiger partial charge in [-0.25, -0.2) is 14.4 Å². The summed E-state index contributed by atoms with van der Waals surface area (Å²) >= 11 is 0. The van der Waals surface area contributed by atoms with Crippen LogP contribution in [-0.4, -0.2) is 155 Å². The molecule has 0 bridgehead atoms. The number of hydrogen-bond acceptors (Lipinski definition) is 11. The second-order valence-electron chi connectivity index (χ2n) is 11.2. The van der Waals surface area contributed by atoms with E-state index in [2.05, 4.69) is 0 Å². The molecule has 0 radical (unpaired) electrons. The minimum absolute atomic E-state index is 0.329. The van der Waals surface area contributed by atoms with Crippen LogP contribution in [-0.2, 0) is 9.47 Å². The van der Waals surface area contributed by atoms with Gasteiger partial charge in [0.05, 0.1) is 0 Å². The molecule has 6 N–H and O–H groups in total. The van der Waals surface area contributed by atoms with Crippen LogP contribution in [0.1, 0.15) is 79.1 Å². The molecule has 3 fully saturated rings. The van der Waals surface area contributed by atoms with Gasteiger partial charge in [-0.15, -0.1) is 0 Å². The highest BCUT2D eigenvalue weighted by atomic mass is 16.5. The van der Waals surface area contributed by atoms with Crippen LogP contribution in [0, 0.1) is 0 Å². The Morgan fingerprint density at radius 2 is 0.841 bits per heavy atom. The molecule has 0 aromatic heterocycles. The normalized spacial score (nSPS) is 29.2. The molecule has 0 aromatic carbocycles. The number of nitrogens with zero attached hydrogens (tertiary/aromatic N) is 6. The van der Waals surface area contributed by atoms with Crippen molar-refractivity contribution in [2.24, 2.45) is 0 Å². The molecule has 3 aliphatic rings. The van der Waals surface area contributed by atoms with Crippen LogP contribution in [0.15, 0.2) is 0 Å². The standard InChI is InChI=1S/C27H50N6O11/c1-5-9-13-43-17(11-7-3)32-23(38)21(36)30(26(32)41)15-28-19(34)20(35)29(25(28)40)16-31-22(37)24(39)33(27(31)42)18(12-8-4)44-14-10-6-2/h17-24,34-39H,5-16H2,1-4H3. The molecule has 3 aliphatic heterocycles. The summed E-state index contributed by atoms with van der Waals surface area (Å²) in [5.74, 6) is 0. The maximum atomic E-state index is 13.4. The van der Waals surface area contributed by atoms with E-state index in [1.165, 1.54) is 0 Å². The number of amides is 6. The fourth-order valence-corrected chi connectivity index (χ4v) is 5.39. The van der Waals surface area contributed by atoms with Crippen LogP contribution in [0.4, 0.5) is 14.4 Å². The van der Waals surface area contributed by atoms with Crippen LogP contribution >= 0.6 is 0 Å². The van der Waals surface area contributed by atoms with Crippen LogP contribution in [0.5, 0.6) is 0 Å². The topological polar surface area (TPSA) is 210 Å². The first-order valence-electron chi connectivity index (χ1n) is 15.5. The Morgan fingerprint density at radius 1 is 0.523 bits per heavy atom. The Balaban J connectivity index is 1.73. The molecule has 3 rings (SSSR count). The summed E-state index contributed by atoms with van der Waals surface area (Å²) in [6.07, 6.45) is -7.28. The molecular weight excluding hydrogens is 584 g/mol. The molecule has 17 heteroatoms. The van der Waals surface area contributed by atoms with E-state index in [0.29, 0.717) is 48.7 Å². The predicted octanol–water partition coefficient (Wildman–Crippen LogP) is -0.0896. The van der Waals surface area contributed by atoms with Gasteiger partial charge in [0.2, 0.25) is 0 Å². The number of carbonyl (C=O) groups is 3. The summed E-state index contributed by atoms with van der Waals surface area (Å²) in [4.78, 5) is 44.8. The molecule has 6 amide bonds. The van der Waals surface area contributed by atoms with Gasteiger partial charge in [-0.05, 0) is 25.7 Å². The molecule has 0 aliphatic carbocycles. The Hall–Kier alpha value is -2.51. The van der Waals surface area contributed by atoms with Crippen LogP contribution in [0.25, 0.3) is 0 Å². The molecule has 17 nitrogen and oxygen atoms in total. The number of rotatable bonds is 18. The Labute approximate surface area is 257 Å². The lowest BCUT2D eigenvalue weighted by Gasteiger charge is -2.30. The number of unbranched alkanes of at least 4 members (excludes halogenated alkanes) is 2. The van der Waals surface area contributed by atoms with E-state index in [9.17, 15) is 45.0 Å². The van der Waals surface area contributed by atoms with Crippen LogP contribution < -0.4 is 0 Å². The van der Waals surface area contributed by atoms with Gasteiger partial charge in [-0.3, -0.25) is 29.4 Å². The summed E-state index contributed by atoms with van der Waals surface area (Å²) < 4.78 is 11.6. The van der Waals surface area contributed by atoms with Gasteiger partial charge in [0.25, 0.3) is 0 Å². The largest absolute Gasteiger partial charge is 0.369 e. The molecular formula is C27H50N6O11. The van der Waals surface area contributed by atoms with Crippen molar-refractivity contribution in [3.8, 4) is 0 Å². The SMILES string of the molecule is CCCCOC(CCC)N1C(=O)N(CN2C(=O)N(CN3C(=O)N(C(CCC)OCCCC)C(O)C3O)C(O)C2O)C(O)C1O. The molecule has 0 saturated carbocycles. The highest BCUT2D eigenvalue weighted by Crippen LogP contribution is 2.31. The minimum atomic E-state index is -1.90. The van der Waals surface area contributed by atoms with Crippen molar-refractivity contribution in [2.75, 3.05) is 26.6 Å². The number of urea groups is 3. The maximum absolute atomic E-state index is 13.4. The van der Waals surface area contributed by atoms with Crippen molar-refractivity contribution >= 4 is 18.1 Å². The summed E-state index contributed by atoms with van der Waals surface area (Å²) in [6, 6.07) is -2.72. The summed E-state index contributed by atoms with van der Waals surface area (Å²) in [5.41, 5.74) is 0. The van der Waals surface area contributed by atoms with E-state index in [0.717, 1.165) is 45.3 Å². The molecule has 44 heavy (non-hydrogen) atoms. The summed E-state index contributed by atoms with van der Waals surface area (Å²) in [6.45, 7) is 6.91. The lowest BCUT2D eigenvalue weighted by Crippen LogP contribution is -2.50. The summed E-state index contributed by atoms with van der Waals surface area (Å²) in [5, 5.41) is 64.3. The molecule has 3 saturated heterocycles. The first-order valence-corrected chi connectivity index (χ1v) is 15.5. The van der Waals surface area contributed by atoms with Gasteiger partial charge >= 0.3 is 18.1 Å². The van der Waals surface area contributed by atoms with E-state index >= 15 is 0 Å². The van der Waals surface area contributed by atoms with Crippen molar-refractivity contribution in [1.29, 1.82) is 0 Å². The van der Waals surface area contributed by atoms with Gasteiger partial charge in [0.1, 0.15) is 25.8 Å². The number of ether oxygens (including phenoxy) is 2. The van der Waals surface area contributed by atoms with Crippen molar-refractivity contribution in [1.82, 2.24) is 29.4 Å². The second-order valence-corrected chi connectivity index (χ2v) is 11.2. The Bertz CT molecular complexity index is 893. The van der Waals surface area contributed by atoms with Crippen molar-refractivity contribution in [3.05, 3.63) is 0 Å². The quantitative estimate of drug-likeness (QED) is 0.110. The zero-order valence-corrected chi connectivity index (χ0v) is 26.0. The van der Waals surface area contributed by atoms with Gasteiger partial charge in [0.15, 0.2) is 37.4 Å². The second kappa shape index (κ2) is 16.2. The number of hydrogen-bond donors (Lipinski definition) is 6. The maximum Gasteiger partial charge on any atom is 0.327 e. The Kier molecular flexibility index (Phi) is 13.2. The number of carbonyl (C=O) groups excluding carboxylic acids is 3. The smallest absolute Gasteiger partial charge is 0.327 e. The van der Waals surface area contributed by atoms with Gasteiger partial charge in [-0.2, -0.15) is 0 Å². The van der Waals surface area contributed by atoms with E-state index < -0.39 is 81.3 Å². The average Bonchev–Trinajstić information content (AvgIpc) is 3.43. The first kappa shape index (κ1) is 36.0. The zero-order chi connectivity index (χ0) is 32.7. The van der Waals surface area contributed by atoms with E-state index in [1.807, 2.05) is 27.7 Å². The lowest BCUT2D eigenvalue weighted by atomic mass is 10.2. The third-order valence-electron chi connectivity index (χ3n) is 7.99. The first-order chi connectivity index (χ1) is 21.0. The van der Waals surface area contributed by atoms with Crippen LogP contribution in [0.3, 0.4) is 0 Å². The minimum Gasteiger partial charge on any atom is -0.369 e. The summed E-state index contributed by atoms with van der Waals surface area (Å²) in [7, 11) is 0. The zero-order valence-electron chi connectivity index (χ0n) is 26.0. The van der Waals surface area contributed by atoms with Crippen molar-refractivity contribution < 1.29 is 54.5 Å². The number of aliphatic hydroxyl groups excluding tert-OH is 6. The van der Waals surface area contributed by atoms with Crippen LogP contribution in [0.2, 0.25) is 0 Å². The molecule has 8 unspecified atom stereocenters. The van der Waals surface area contributed by atoms with Gasteiger partial charge in [0, 0.05) is 13.2 Å². The van der Waals surface area contributed by atoms with Crippen molar-refractivity contribution in [3.63, 3.8) is 0 Å². The number of aliphatic hydroxyl groups is 6. The highest BCUT2D eigenvalue weighted by molar-refractivity contribution is 5.81. The Morgan fingerprint density at radius 3 is 1.16 bits per heavy atom. The fraction of sp³-hybridized carbons (Fsp3) is 0.889. The average molecular weight is 635 g/mol. The van der Waals surface area contributed by atoms with E-state index in [-0.39, 0.29) is 0 Å². The molecule has 8 atom stereocenters. The monoisotopic (exact) mass is 634 g/mol. The third kappa shape index (κ3) is 7.31.